The predicted molar refractivity (Wildman–Crippen MR) is 279 cm³/mol. The van der Waals surface area contributed by atoms with Crippen LogP contribution in [0.4, 0.5) is 0 Å². The Labute approximate surface area is 404 Å². The highest BCUT2D eigenvalue weighted by Crippen LogP contribution is 2.16. The van der Waals surface area contributed by atoms with E-state index in [4.69, 9.17) is 14.2 Å². The SMILES string of the molecule is CCCCC/C=C\C/C=C\CCCCCCCCCC(=O)O[C@@H](COC(=O)CCCCCCCCC/C=C\CCCCCCCCCC)COC(=O)CCCCCCCCCCCCC. The molecule has 0 unspecified atom stereocenters. The second kappa shape index (κ2) is 54.2. The maximum absolute atomic E-state index is 12.8. The number of unbranched alkanes of at least 4 members (excludes halogenated alkanes) is 35. The number of carbonyl (C=O) groups excluding carboxylic acids is 3. The first-order valence-electron chi connectivity index (χ1n) is 28.5. The van der Waals surface area contributed by atoms with Gasteiger partial charge >= 0.3 is 17.9 Å². The van der Waals surface area contributed by atoms with Gasteiger partial charge in [0.25, 0.3) is 0 Å². The minimum absolute atomic E-state index is 0.0735. The molecule has 6 nitrogen and oxygen atoms in total. The summed E-state index contributed by atoms with van der Waals surface area (Å²) in [6.45, 7) is 6.63. The molecule has 0 aliphatic heterocycles. The molecule has 0 aliphatic rings. The molecule has 0 amide bonds. The summed E-state index contributed by atoms with van der Waals surface area (Å²) >= 11 is 0. The topological polar surface area (TPSA) is 78.9 Å². The third-order valence-electron chi connectivity index (χ3n) is 12.6. The van der Waals surface area contributed by atoms with E-state index < -0.39 is 6.10 Å². The molecule has 380 valence electrons. The lowest BCUT2D eigenvalue weighted by molar-refractivity contribution is -0.167. The molecule has 0 N–H and O–H groups in total. The van der Waals surface area contributed by atoms with Gasteiger partial charge in [-0.25, -0.2) is 0 Å². The van der Waals surface area contributed by atoms with Gasteiger partial charge in [-0.2, -0.15) is 0 Å². The molecule has 0 saturated carbocycles. The standard InChI is InChI=1S/C59H108O6/c1-4-7-10-13-16-19-22-24-26-28-29-31-32-34-37-40-43-46-49-52-58(61)64-55-56(54-63-57(60)51-48-45-42-39-36-21-18-15-12-9-6-3)65-59(62)53-50-47-44-41-38-35-33-30-27-25-23-20-17-14-11-8-5-2/h17,20,25,27-29,56H,4-16,18-19,21-24,26,30-55H2,1-3H3/b20-17-,27-25-,29-28-/t56-/m1/s1. The van der Waals surface area contributed by atoms with E-state index in [1.54, 1.807) is 0 Å². The van der Waals surface area contributed by atoms with Crippen LogP contribution in [0.5, 0.6) is 0 Å². The van der Waals surface area contributed by atoms with Gasteiger partial charge in [0.2, 0.25) is 0 Å². The molecule has 0 radical (unpaired) electrons. The number of rotatable bonds is 52. The lowest BCUT2D eigenvalue weighted by atomic mass is 10.1. The summed E-state index contributed by atoms with van der Waals surface area (Å²) in [6, 6.07) is 0. The first kappa shape index (κ1) is 62.6. The predicted octanol–water partition coefficient (Wildman–Crippen LogP) is 18.9. The zero-order chi connectivity index (χ0) is 47.2. The van der Waals surface area contributed by atoms with Crippen LogP contribution >= 0.6 is 0 Å². The quantitative estimate of drug-likeness (QED) is 0.0262. The maximum atomic E-state index is 12.8. The van der Waals surface area contributed by atoms with E-state index in [1.165, 1.54) is 193 Å². The molecule has 65 heavy (non-hydrogen) atoms. The second-order valence-corrected chi connectivity index (χ2v) is 19.2. The number of hydrogen-bond acceptors (Lipinski definition) is 6. The first-order chi connectivity index (χ1) is 32.0. The summed E-state index contributed by atoms with van der Waals surface area (Å²) < 4.78 is 16.8. The van der Waals surface area contributed by atoms with Crippen molar-refractivity contribution in [1.29, 1.82) is 0 Å². The highest BCUT2D eigenvalue weighted by atomic mass is 16.6. The molecule has 0 aromatic heterocycles. The zero-order valence-electron chi connectivity index (χ0n) is 43.5. The zero-order valence-corrected chi connectivity index (χ0v) is 43.5. The van der Waals surface area contributed by atoms with E-state index in [0.717, 1.165) is 70.6 Å². The van der Waals surface area contributed by atoms with Crippen molar-refractivity contribution in [2.45, 2.75) is 309 Å². The lowest BCUT2D eigenvalue weighted by Gasteiger charge is -2.18. The van der Waals surface area contributed by atoms with Crippen LogP contribution < -0.4 is 0 Å². The van der Waals surface area contributed by atoms with Gasteiger partial charge in [-0.15, -0.1) is 0 Å². The summed E-state index contributed by atoms with van der Waals surface area (Å²) in [5.41, 5.74) is 0. The van der Waals surface area contributed by atoms with Gasteiger partial charge < -0.3 is 14.2 Å². The molecule has 0 heterocycles. The molecule has 0 aromatic rings. The average molecular weight is 914 g/mol. The third kappa shape index (κ3) is 52.5. The Balaban J connectivity index is 4.32. The number of ether oxygens (including phenoxy) is 3. The summed E-state index contributed by atoms with van der Waals surface area (Å²) in [5.74, 6) is -0.872. The van der Waals surface area contributed by atoms with Crippen molar-refractivity contribution in [2.75, 3.05) is 13.2 Å². The van der Waals surface area contributed by atoms with Gasteiger partial charge in [-0.05, 0) is 77.0 Å². The molecule has 0 bridgehead atoms. The van der Waals surface area contributed by atoms with Crippen LogP contribution in [-0.2, 0) is 28.6 Å². The molecule has 0 aromatic carbocycles. The van der Waals surface area contributed by atoms with Gasteiger partial charge in [-0.1, -0.05) is 243 Å². The van der Waals surface area contributed by atoms with Gasteiger partial charge in [0.15, 0.2) is 6.10 Å². The van der Waals surface area contributed by atoms with Crippen LogP contribution in [0.2, 0.25) is 0 Å². The van der Waals surface area contributed by atoms with Gasteiger partial charge in [-0.3, -0.25) is 14.4 Å². The largest absolute Gasteiger partial charge is 0.462 e. The van der Waals surface area contributed by atoms with Gasteiger partial charge in [0, 0.05) is 19.3 Å². The van der Waals surface area contributed by atoms with Gasteiger partial charge in [0.05, 0.1) is 0 Å². The van der Waals surface area contributed by atoms with Crippen molar-refractivity contribution in [3.63, 3.8) is 0 Å². The minimum atomic E-state index is -0.774. The third-order valence-corrected chi connectivity index (χ3v) is 12.6. The Hall–Kier alpha value is -2.37. The van der Waals surface area contributed by atoms with E-state index in [0.29, 0.717) is 19.3 Å². The van der Waals surface area contributed by atoms with Crippen LogP contribution in [-0.4, -0.2) is 37.2 Å². The van der Waals surface area contributed by atoms with Crippen LogP contribution in [0.25, 0.3) is 0 Å². The molecule has 0 saturated heterocycles. The van der Waals surface area contributed by atoms with E-state index in [9.17, 15) is 14.4 Å². The molecule has 6 heteroatoms. The normalized spacial score (nSPS) is 12.2. The summed E-state index contributed by atoms with van der Waals surface area (Å²) in [4.78, 5) is 38.1. The van der Waals surface area contributed by atoms with E-state index >= 15 is 0 Å². The number of hydrogen-bond donors (Lipinski definition) is 0. The summed E-state index contributed by atoms with van der Waals surface area (Å²) in [6.07, 6.45) is 64.2. The Kier molecular flexibility index (Phi) is 52.3. The second-order valence-electron chi connectivity index (χ2n) is 19.2. The van der Waals surface area contributed by atoms with Crippen molar-refractivity contribution in [2.24, 2.45) is 0 Å². The van der Waals surface area contributed by atoms with Crippen molar-refractivity contribution >= 4 is 17.9 Å². The number of allylic oxidation sites excluding steroid dienone is 6. The van der Waals surface area contributed by atoms with Crippen LogP contribution in [0.3, 0.4) is 0 Å². The highest BCUT2D eigenvalue weighted by molar-refractivity contribution is 5.71. The molecule has 0 rings (SSSR count). The molecule has 1 atom stereocenters. The molecule has 0 aliphatic carbocycles. The average Bonchev–Trinajstić information content (AvgIpc) is 3.30. The lowest BCUT2D eigenvalue weighted by Crippen LogP contribution is -2.30. The molecule has 0 spiro atoms. The van der Waals surface area contributed by atoms with Crippen LogP contribution in [0, 0.1) is 0 Å². The fourth-order valence-electron chi connectivity index (χ4n) is 8.29. The number of carbonyl (C=O) groups is 3. The van der Waals surface area contributed by atoms with E-state index in [-0.39, 0.29) is 31.1 Å². The Morgan fingerprint density at radius 1 is 0.308 bits per heavy atom. The molecule has 0 fully saturated rings. The number of esters is 3. The molecular formula is C59H108O6. The Morgan fingerprint density at radius 3 is 0.892 bits per heavy atom. The van der Waals surface area contributed by atoms with Crippen molar-refractivity contribution in [3.05, 3.63) is 36.5 Å². The van der Waals surface area contributed by atoms with Crippen molar-refractivity contribution in [3.8, 4) is 0 Å². The maximum Gasteiger partial charge on any atom is 0.306 e. The van der Waals surface area contributed by atoms with Crippen LogP contribution in [0.15, 0.2) is 36.5 Å². The van der Waals surface area contributed by atoms with Gasteiger partial charge in [0.1, 0.15) is 13.2 Å². The van der Waals surface area contributed by atoms with E-state index in [1.807, 2.05) is 0 Å². The molecular weight excluding hydrogens is 805 g/mol. The summed E-state index contributed by atoms with van der Waals surface area (Å²) in [5, 5.41) is 0. The van der Waals surface area contributed by atoms with Crippen molar-refractivity contribution in [1.82, 2.24) is 0 Å². The fraction of sp³-hybridized carbons (Fsp3) is 0.847. The fourth-order valence-corrected chi connectivity index (χ4v) is 8.29. The van der Waals surface area contributed by atoms with Crippen LogP contribution in [0.1, 0.15) is 303 Å². The Morgan fingerprint density at radius 2 is 0.554 bits per heavy atom. The first-order valence-corrected chi connectivity index (χ1v) is 28.5. The monoisotopic (exact) mass is 913 g/mol. The summed E-state index contributed by atoms with van der Waals surface area (Å²) in [7, 11) is 0. The smallest absolute Gasteiger partial charge is 0.306 e. The Bertz CT molecular complexity index is 1090. The minimum Gasteiger partial charge on any atom is -0.462 e. The highest BCUT2D eigenvalue weighted by Gasteiger charge is 2.19. The van der Waals surface area contributed by atoms with E-state index in [2.05, 4.69) is 57.2 Å². The van der Waals surface area contributed by atoms with Crippen molar-refractivity contribution < 1.29 is 28.6 Å².